The van der Waals surface area contributed by atoms with Gasteiger partial charge in [-0.15, -0.1) is 0 Å². The van der Waals surface area contributed by atoms with Crippen molar-refractivity contribution < 1.29 is 14.3 Å². The molecular formula is C27H29ClN2O3S. The van der Waals surface area contributed by atoms with E-state index in [1.54, 1.807) is 12.1 Å². The smallest absolute Gasteiger partial charge is 0.251 e. The standard InChI is InChI=1S/C27H29ClN2O3S/c1-4-5-16-33-23-11-6-20(7-12-23)18(2)29-27(32)21-8-15-26(25(17-21)30-19(3)31)34-24-13-9-22(28)10-14-24/h6-15,17-18H,4-5,16H2,1-3H3,(H,29,32)(H,30,31)/t18-/m0/s1. The van der Waals surface area contributed by atoms with E-state index < -0.39 is 0 Å². The maximum Gasteiger partial charge on any atom is 0.251 e. The Balaban J connectivity index is 1.70. The molecule has 0 aliphatic rings. The summed E-state index contributed by atoms with van der Waals surface area (Å²) >= 11 is 7.46. The second-order valence-corrected chi connectivity index (χ2v) is 9.47. The van der Waals surface area contributed by atoms with Crippen molar-refractivity contribution in [3.63, 3.8) is 0 Å². The fourth-order valence-electron chi connectivity index (χ4n) is 3.23. The highest BCUT2D eigenvalue weighted by Gasteiger charge is 2.15. The van der Waals surface area contributed by atoms with E-state index in [4.69, 9.17) is 16.3 Å². The van der Waals surface area contributed by atoms with Crippen LogP contribution < -0.4 is 15.4 Å². The van der Waals surface area contributed by atoms with Gasteiger partial charge in [0.15, 0.2) is 0 Å². The second kappa shape index (κ2) is 12.5. The first-order valence-electron chi connectivity index (χ1n) is 11.2. The molecule has 0 bridgehead atoms. The largest absolute Gasteiger partial charge is 0.494 e. The number of nitrogens with one attached hydrogen (secondary N) is 2. The van der Waals surface area contributed by atoms with Crippen molar-refractivity contribution in [1.29, 1.82) is 0 Å². The quantitative estimate of drug-likeness (QED) is 0.293. The molecular weight excluding hydrogens is 468 g/mol. The van der Waals surface area contributed by atoms with Gasteiger partial charge in [-0.05, 0) is 73.5 Å². The molecule has 1 atom stereocenters. The van der Waals surface area contributed by atoms with E-state index in [2.05, 4.69) is 17.6 Å². The summed E-state index contributed by atoms with van der Waals surface area (Å²) in [4.78, 5) is 26.5. The van der Waals surface area contributed by atoms with E-state index in [-0.39, 0.29) is 17.9 Å². The minimum Gasteiger partial charge on any atom is -0.494 e. The van der Waals surface area contributed by atoms with E-state index in [0.717, 1.165) is 33.9 Å². The highest BCUT2D eigenvalue weighted by atomic mass is 35.5. The fourth-order valence-corrected chi connectivity index (χ4v) is 4.24. The molecule has 5 nitrogen and oxygen atoms in total. The van der Waals surface area contributed by atoms with Crippen LogP contribution in [0.25, 0.3) is 0 Å². The average Bonchev–Trinajstić information content (AvgIpc) is 2.81. The maximum atomic E-state index is 12.9. The number of ether oxygens (including phenoxy) is 1. The Morgan fingerprint density at radius 3 is 2.38 bits per heavy atom. The Hall–Kier alpha value is -2.96. The zero-order chi connectivity index (χ0) is 24.5. The zero-order valence-electron chi connectivity index (χ0n) is 19.6. The molecule has 178 valence electrons. The summed E-state index contributed by atoms with van der Waals surface area (Å²) in [5.41, 5.74) is 2.03. The van der Waals surface area contributed by atoms with E-state index in [1.165, 1.54) is 18.7 Å². The van der Waals surface area contributed by atoms with E-state index in [0.29, 0.717) is 22.9 Å². The summed E-state index contributed by atoms with van der Waals surface area (Å²) < 4.78 is 5.71. The summed E-state index contributed by atoms with van der Waals surface area (Å²) in [6.45, 7) is 6.21. The lowest BCUT2D eigenvalue weighted by Gasteiger charge is -2.16. The fraction of sp³-hybridized carbons (Fsp3) is 0.259. The van der Waals surface area contributed by atoms with Crippen molar-refractivity contribution in [2.45, 2.75) is 49.4 Å². The van der Waals surface area contributed by atoms with Crippen molar-refractivity contribution >= 4 is 40.9 Å². The Morgan fingerprint density at radius 1 is 1.03 bits per heavy atom. The highest BCUT2D eigenvalue weighted by molar-refractivity contribution is 7.99. The molecule has 0 aromatic heterocycles. The van der Waals surface area contributed by atoms with Crippen LogP contribution in [-0.2, 0) is 4.79 Å². The van der Waals surface area contributed by atoms with Gasteiger partial charge in [0.05, 0.1) is 18.3 Å². The van der Waals surface area contributed by atoms with Crippen LogP contribution >= 0.6 is 23.4 Å². The first kappa shape index (κ1) is 25.7. The molecule has 0 spiro atoms. The lowest BCUT2D eigenvalue weighted by atomic mass is 10.1. The highest BCUT2D eigenvalue weighted by Crippen LogP contribution is 2.35. The SMILES string of the molecule is CCCCOc1ccc([C@H](C)NC(=O)c2ccc(Sc3ccc(Cl)cc3)c(NC(C)=O)c2)cc1. The summed E-state index contributed by atoms with van der Waals surface area (Å²) in [5, 5.41) is 6.52. The van der Waals surface area contributed by atoms with Gasteiger partial charge in [0.2, 0.25) is 5.91 Å². The summed E-state index contributed by atoms with van der Waals surface area (Å²) in [6, 6.07) is 20.3. The van der Waals surface area contributed by atoms with Gasteiger partial charge in [0.25, 0.3) is 5.91 Å². The monoisotopic (exact) mass is 496 g/mol. The normalized spacial score (nSPS) is 11.5. The molecule has 2 amide bonds. The molecule has 0 heterocycles. The van der Waals surface area contributed by atoms with Crippen LogP contribution in [0.3, 0.4) is 0 Å². The number of halogens is 1. The molecule has 2 N–H and O–H groups in total. The van der Waals surface area contributed by atoms with Crippen LogP contribution in [0, 0.1) is 0 Å². The van der Waals surface area contributed by atoms with Gasteiger partial charge in [-0.25, -0.2) is 0 Å². The molecule has 7 heteroatoms. The number of amides is 2. The maximum absolute atomic E-state index is 12.9. The van der Waals surface area contributed by atoms with Crippen LogP contribution in [0.2, 0.25) is 5.02 Å². The molecule has 0 radical (unpaired) electrons. The molecule has 3 aromatic rings. The average molecular weight is 497 g/mol. The van der Waals surface area contributed by atoms with Gasteiger partial charge in [0.1, 0.15) is 5.75 Å². The first-order chi connectivity index (χ1) is 16.4. The number of rotatable bonds is 10. The molecule has 34 heavy (non-hydrogen) atoms. The number of anilines is 1. The minimum atomic E-state index is -0.217. The third kappa shape index (κ3) is 7.54. The summed E-state index contributed by atoms with van der Waals surface area (Å²) in [5.74, 6) is 0.403. The van der Waals surface area contributed by atoms with Crippen molar-refractivity contribution in [3.05, 3.63) is 82.9 Å². The topological polar surface area (TPSA) is 67.4 Å². The zero-order valence-corrected chi connectivity index (χ0v) is 21.1. The summed E-state index contributed by atoms with van der Waals surface area (Å²) in [7, 11) is 0. The molecule has 3 rings (SSSR count). The van der Waals surface area contributed by atoms with Crippen LogP contribution in [0.1, 0.15) is 55.6 Å². The Labute approximate surface area is 210 Å². The molecule has 0 unspecified atom stereocenters. The number of hydrogen-bond donors (Lipinski definition) is 2. The number of benzene rings is 3. The second-order valence-electron chi connectivity index (χ2n) is 7.91. The van der Waals surface area contributed by atoms with Gasteiger partial charge in [0, 0.05) is 27.3 Å². The van der Waals surface area contributed by atoms with Crippen LogP contribution in [-0.4, -0.2) is 18.4 Å². The van der Waals surface area contributed by atoms with Crippen molar-refractivity contribution in [2.24, 2.45) is 0 Å². The number of hydrogen-bond acceptors (Lipinski definition) is 4. The molecule has 3 aromatic carbocycles. The third-order valence-electron chi connectivity index (χ3n) is 5.09. The first-order valence-corrected chi connectivity index (χ1v) is 12.4. The number of carbonyl (C=O) groups excluding carboxylic acids is 2. The van der Waals surface area contributed by atoms with Crippen molar-refractivity contribution in [2.75, 3.05) is 11.9 Å². The number of unbranched alkanes of at least 4 members (excludes halogenated alkanes) is 1. The lowest BCUT2D eigenvalue weighted by Crippen LogP contribution is -2.26. The van der Waals surface area contributed by atoms with Crippen LogP contribution in [0.15, 0.2) is 76.5 Å². The van der Waals surface area contributed by atoms with Crippen LogP contribution in [0.5, 0.6) is 5.75 Å². The Morgan fingerprint density at radius 2 is 1.74 bits per heavy atom. The molecule has 0 aliphatic heterocycles. The minimum absolute atomic E-state index is 0.190. The van der Waals surface area contributed by atoms with Crippen molar-refractivity contribution in [1.82, 2.24) is 5.32 Å². The van der Waals surface area contributed by atoms with E-state index in [9.17, 15) is 9.59 Å². The summed E-state index contributed by atoms with van der Waals surface area (Å²) in [6.07, 6.45) is 2.11. The Kier molecular flexibility index (Phi) is 9.42. The van der Waals surface area contributed by atoms with E-state index >= 15 is 0 Å². The predicted molar refractivity (Wildman–Crippen MR) is 139 cm³/mol. The molecule has 0 fully saturated rings. The predicted octanol–water partition coefficient (Wildman–Crippen LogP) is 7.12. The van der Waals surface area contributed by atoms with Gasteiger partial charge in [-0.1, -0.05) is 48.8 Å². The molecule has 0 aliphatic carbocycles. The van der Waals surface area contributed by atoms with E-state index in [1.807, 2.05) is 61.5 Å². The molecule has 0 saturated carbocycles. The molecule has 0 saturated heterocycles. The van der Waals surface area contributed by atoms with Crippen LogP contribution in [0.4, 0.5) is 5.69 Å². The Bertz CT molecular complexity index is 1120. The number of carbonyl (C=O) groups is 2. The lowest BCUT2D eigenvalue weighted by molar-refractivity contribution is -0.114. The van der Waals surface area contributed by atoms with Gasteiger partial charge in [-0.2, -0.15) is 0 Å². The third-order valence-corrected chi connectivity index (χ3v) is 6.42. The van der Waals surface area contributed by atoms with Crippen molar-refractivity contribution in [3.8, 4) is 5.75 Å². The van der Waals surface area contributed by atoms with Gasteiger partial charge < -0.3 is 15.4 Å². The van der Waals surface area contributed by atoms with Gasteiger partial charge in [-0.3, -0.25) is 9.59 Å². The van der Waals surface area contributed by atoms with Gasteiger partial charge >= 0.3 is 0 Å².